The Balaban J connectivity index is 2.60. The highest BCUT2D eigenvalue weighted by Crippen LogP contribution is 2.20. The first kappa shape index (κ1) is 20.6. The van der Waals surface area contributed by atoms with Gasteiger partial charge in [0.05, 0.1) is 12.1 Å². The lowest BCUT2D eigenvalue weighted by Gasteiger charge is -2.36. The van der Waals surface area contributed by atoms with Crippen molar-refractivity contribution in [1.82, 2.24) is 16.0 Å². The average molecular weight is 335 g/mol. The Morgan fingerprint density at radius 2 is 1.79 bits per heavy atom. The van der Waals surface area contributed by atoms with E-state index in [4.69, 9.17) is 4.74 Å². The van der Waals surface area contributed by atoms with E-state index in [0.717, 1.165) is 19.3 Å². The second-order valence-corrected chi connectivity index (χ2v) is 6.22. The van der Waals surface area contributed by atoms with E-state index in [1.807, 2.05) is 39.3 Å². The topological polar surface area (TPSA) is 62.4 Å². The lowest BCUT2D eigenvalue weighted by atomic mass is 9.92. The van der Waals surface area contributed by atoms with Gasteiger partial charge in [0.25, 0.3) is 0 Å². The maximum absolute atomic E-state index is 12.2. The molecule has 0 aliphatic heterocycles. The third kappa shape index (κ3) is 6.99. The third-order valence-electron chi connectivity index (χ3n) is 4.56. The third-order valence-corrected chi connectivity index (χ3v) is 4.56. The number of carbonyl (C=O) groups is 1. The summed E-state index contributed by atoms with van der Waals surface area (Å²) in [6, 6.07) is 9.25. The highest BCUT2D eigenvalue weighted by Gasteiger charge is 2.30. The summed E-state index contributed by atoms with van der Waals surface area (Å²) in [5.74, 6) is 0.379. The predicted octanol–water partition coefficient (Wildman–Crippen LogP) is 2.68. The minimum Gasteiger partial charge on any atom is -0.426 e. The molecule has 0 amide bonds. The van der Waals surface area contributed by atoms with Gasteiger partial charge in [-0.05, 0) is 46.1 Å². The zero-order chi connectivity index (χ0) is 17.8. The number of hydrogen-bond donors (Lipinski definition) is 3. The van der Waals surface area contributed by atoms with Crippen molar-refractivity contribution in [1.29, 1.82) is 0 Å². The van der Waals surface area contributed by atoms with Crippen LogP contribution < -0.4 is 20.7 Å². The molecule has 1 unspecified atom stereocenters. The molecule has 0 aromatic heterocycles. The molecule has 0 aliphatic rings. The fourth-order valence-electron chi connectivity index (χ4n) is 2.92. The fourth-order valence-corrected chi connectivity index (χ4v) is 2.92. The van der Waals surface area contributed by atoms with Crippen LogP contribution in [0.2, 0.25) is 0 Å². The van der Waals surface area contributed by atoms with Crippen molar-refractivity contribution < 1.29 is 9.53 Å². The average Bonchev–Trinajstić information content (AvgIpc) is 2.61. The van der Waals surface area contributed by atoms with Crippen molar-refractivity contribution in [2.24, 2.45) is 0 Å². The van der Waals surface area contributed by atoms with E-state index in [9.17, 15) is 4.79 Å². The number of nitrogens with one attached hydrogen (secondary N) is 3. The smallest absolute Gasteiger partial charge is 0.312 e. The summed E-state index contributed by atoms with van der Waals surface area (Å²) in [5, 5.41) is 10.1. The first-order valence-corrected chi connectivity index (χ1v) is 8.90. The van der Waals surface area contributed by atoms with Gasteiger partial charge in [0, 0.05) is 6.04 Å². The number of esters is 1. The number of benzene rings is 1. The number of carbonyl (C=O) groups excluding carboxylic acids is 1. The van der Waals surface area contributed by atoms with Gasteiger partial charge >= 0.3 is 5.97 Å². The molecular formula is C19H33N3O2. The van der Waals surface area contributed by atoms with Crippen molar-refractivity contribution in [3.63, 3.8) is 0 Å². The number of unbranched alkanes of at least 4 members (excludes halogenated alkanes) is 2. The van der Waals surface area contributed by atoms with E-state index in [2.05, 4.69) is 22.9 Å². The van der Waals surface area contributed by atoms with Gasteiger partial charge in [-0.2, -0.15) is 0 Å². The van der Waals surface area contributed by atoms with E-state index in [-0.39, 0.29) is 17.7 Å². The molecule has 1 aromatic rings. The summed E-state index contributed by atoms with van der Waals surface area (Å²) in [4.78, 5) is 12.2. The van der Waals surface area contributed by atoms with Crippen LogP contribution in [0.1, 0.15) is 45.4 Å². The normalized spacial score (nSPS) is 12.8. The Hall–Kier alpha value is -1.43. The first-order chi connectivity index (χ1) is 11.6. The molecule has 0 spiro atoms. The van der Waals surface area contributed by atoms with Crippen molar-refractivity contribution >= 4 is 5.97 Å². The molecule has 0 radical (unpaired) electrons. The van der Waals surface area contributed by atoms with Crippen LogP contribution in [0.5, 0.6) is 5.75 Å². The maximum Gasteiger partial charge on any atom is 0.312 e. The van der Waals surface area contributed by atoms with Crippen LogP contribution >= 0.6 is 0 Å². The standard InChI is InChI=1S/C19H33N3O2/c1-5-6-10-13-19(21-3,22-4)15-16(20-2)14-18(23)24-17-11-8-7-9-12-17/h7-9,11-12,16,20-22H,5-6,10,13-15H2,1-4H3. The Morgan fingerprint density at radius 1 is 1.12 bits per heavy atom. The molecule has 1 atom stereocenters. The number of rotatable bonds is 12. The van der Waals surface area contributed by atoms with Gasteiger partial charge in [-0.3, -0.25) is 4.79 Å². The zero-order valence-corrected chi connectivity index (χ0v) is 15.5. The summed E-state index contributed by atoms with van der Waals surface area (Å²) in [7, 11) is 5.83. The van der Waals surface area contributed by atoms with E-state index in [0.29, 0.717) is 12.2 Å². The lowest BCUT2D eigenvalue weighted by molar-refractivity contribution is -0.135. The van der Waals surface area contributed by atoms with Crippen molar-refractivity contribution in [2.45, 2.75) is 57.2 Å². The van der Waals surface area contributed by atoms with Gasteiger partial charge in [-0.1, -0.05) is 44.4 Å². The van der Waals surface area contributed by atoms with Gasteiger partial charge in [0.2, 0.25) is 0 Å². The van der Waals surface area contributed by atoms with E-state index >= 15 is 0 Å². The molecule has 0 fully saturated rings. The number of para-hydroxylation sites is 1. The molecule has 136 valence electrons. The Morgan fingerprint density at radius 3 is 2.33 bits per heavy atom. The molecule has 1 aromatic carbocycles. The zero-order valence-electron chi connectivity index (χ0n) is 15.5. The number of ether oxygens (including phenoxy) is 1. The fraction of sp³-hybridized carbons (Fsp3) is 0.632. The predicted molar refractivity (Wildman–Crippen MR) is 99.2 cm³/mol. The van der Waals surface area contributed by atoms with Crippen LogP contribution in [0.3, 0.4) is 0 Å². The van der Waals surface area contributed by atoms with Gasteiger partial charge < -0.3 is 20.7 Å². The second-order valence-electron chi connectivity index (χ2n) is 6.22. The van der Waals surface area contributed by atoms with Crippen LogP contribution in [0.4, 0.5) is 0 Å². The van der Waals surface area contributed by atoms with Crippen LogP contribution in [0, 0.1) is 0 Å². The molecule has 0 bridgehead atoms. The Kier molecular flexibility index (Phi) is 9.60. The minimum atomic E-state index is -0.213. The molecule has 5 nitrogen and oxygen atoms in total. The van der Waals surface area contributed by atoms with Gasteiger partial charge in [-0.15, -0.1) is 0 Å². The second kappa shape index (κ2) is 11.2. The van der Waals surface area contributed by atoms with Crippen LogP contribution in [0.15, 0.2) is 30.3 Å². The minimum absolute atomic E-state index is 0.0442. The summed E-state index contributed by atoms with van der Waals surface area (Å²) in [5.41, 5.74) is -0.171. The molecule has 0 heterocycles. The lowest BCUT2D eigenvalue weighted by Crippen LogP contribution is -2.57. The summed E-state index contributed by atoms with van der Waals surface area (Å²) in [6.07, 6.45) is 5.74. The Labute approximate surface area is 146 Å². The molecule has 0 aliphatic carbocycles. The molecular weight excluding hydrogens is 302 g/mol. The molecule has 1 rings (SSSR count). The van der Waals surface area contributed by atoms with E-state index in [1.54, 1.807) is 12.1 Å². The molecule has 24 heavy (non-hydrogen) atoms. The van der Waals surface area contributed by atoms with E-state index < -0.39 is 0 Å². The molecule has 0 saturated carbocycles. The number of hydrogen-bond acceptors (Lipinski definition) is 5. The Bertz CT molecular complexity index is 461. The quantitative estimate of drug-likeness (QED) is 0.237. The van der Waals surface area contributed by atoms with Gasteiger partial charge in [-0.25, -0.2) is 0 Å². The SMILES string of the molecule is CCCCCC(CC(CC(=O)Oc1ccccc1)NC)(NC)NC. The van der Waals surface area contributed by atoms with Crippen molar-refractivity contribution in [3.8, 4) is 5.75 Å². The highest BCUT2D eigenvalue weighted by atomic mass is 16.5. The molecule has 0 saturated heterocycles. The van der Waals surface area contributed by atoms with Gasteiger partial charge in [0.15, 0.2) is 0 Å². The summed E-state index contributed by atoms with van der Waals surface area (Å²) >= 11 is 0. The van der Waals surface area contributed by atoms with E-state index in [1.165, 1.54) is 12.8 Å². The first-order valence-electron chi connectivity index (χ1n) is 8.90. The van der Waals surface area contributed by atoms with Crippen LogP contribution in [-0.2, 0) is 4.79 Å². The van der Waals surface area contributed by atoms with Crippen LogP contribution in [-0.4, -0.2) is 38.8 Å². The maximum atomic E-state index is 12.2. The largest absolute Gasteiger partial charge is 0.426 e. The van der Waals surface area contributed by atoms with Crippen molar-refractivity contribution in [3.05, 3.63) is 30.3 Å². The summed E-state index contributed by atoms with van der Waals surface area (Å²) < 4.78 is 5.41. The van der Waals surface area contributed by atoms with Crippen molar-refractivity contribution in [2.75, 3.05) is 21.1 Å². The van der Waals surface area contributed by atoms with Gasteiger partial charge in [0.1, 0.15) is 5.75 Å². The molecule has 5 heteroatoms. The monoisotopic (exact) mass is 335 g/mol. The van der Waals surface area contributed by atoms with Crippen LogP contribution in [0.25, 0.3) is 0 Å². The summed E-state index contributed by atoms with van der Waals surface area (Å²) in [6.45, 7) is 2.20. The molecule has 3 N–H and O–H groups in total. The highest BCUT2D eigenvalue weighted by molar-refractivity contribution is 5.73.